The normalized spacial score (nSPS) is 12.5. The number of rotatable bonds is 7. The number of thioether (sulfide) groups is 1. The third kappa shape index (κ3) is 4.46. The van der Waals surface area contributed by atoms with Gasteiger partial charge in [-0.15, -0.1) is 11.8 Å². The van der Waals surface area contributed by atoms with Crippen molar-refractivity contribution in [3.8, 4) is 0 Å². The van der Waals surface area contributed by atoms with Crippen LogP contribution in [0.1, 0.15) is 44.5 Å². The number of hydrogen-bond donors (Lipinski definition) is 1. The van der Waals surface area contributed by atoms with E-state index < -0.39 is 4.75 Å². The van der Waals surface area contributed by atoms with E-state index in [0.717, 1.165) is 0 Å². The van der Waals surface area contributed by atoms with Crippen LogP contribution in [0.5, 0.6) is 0 Å². The van der Waals surface area contributed by atoms with E-state index in [0.29, 0.717) is 0 Å². The average Bonchev–Trinajstić information content (AvgIpc) is 3.32. The largest absolute Gasteiger partial charge is 0.362 e. The molecule has 1 heterocycles. The van der Waals surface area contributed by atoms with Crippen molar-refractivity contribution in [2.24, 2.45) is 0 Å². The first-order valence-electron chi connectivity index (χ1n) is 13.1. The molecule has 0 amide bonds. The van der Waals surface area contributed by atoms with E-state index in [4.69, 9.17) is 0 Å². The van der Waals surface area contributed by atoms with Crippen LogP contribution in [-0.4, -0.2) is 4.98 Å². The van der Waals surface area contributed by atoms with Gasteiger partial charge in [-0.05, 0) is 64.6 Å². The average molecular weight is 510 g/mol. The lowest BCUT2D eigenvalue weighted by Crippen LogP contribution is -2.27. The third-order valence-electron chi connectivity index (χ3n) is 7.38. The van der Waals surface area contributed by atoms with Gasteiger partial charge in [-0.3, -0.25) is 0 Å². The van der Waals surface area contributed by atoms with Gasteiger partial charge in [0.15, 0.2) is 0 Å². The lowest BCUT2D eigenvalue weighted by atomic mass is 9.84. The fourth-order valence-electron chi connectivity index (χ4n) is 5.60. The number of aromatic nitrogens is 1. The van der Waals surface area contributed by atoms with Crippen LogP contribution < -0.4 is 0 Å². The summed E-state index contributed by atoms with van der Waals surface area (Å²) in [6, 6.07) is 50.9. The van der Waals surface area contributed by atoms with Crippen molar-refractivity contribution in [2.75, 3.05) is 0 Å². The van der Waals surface area contributed by atoms with E-state index in [1.807, 2.05) is 11.8 Å². The van der Waals surface area contributed by atoms with Gasteiger partial charge in [0.25, 0.3) is 0 Å². The Morgan fingerprint density at radius 1 is 0.553 bits per heavy atom. The zero-order chi connectivity index (χ0) is 26.0. The first-order chi connectivity index (χ1) is 18.6. The second-order valence-corrected chi connectivity index (χ2v) is 11.2. The fourth-order valence-corrected chi connectivity index (χ4v) is 7.42. The first-order valence-corrected chi connectivity index (χ1v) is 14.0. The summed E-state index contributed by atoms with van der Waals surface area (Å²) >= 11 is 2.02. The van der Waals surface area contributed by atoms with Crippen LogP contribution in [0.4, 0.5) is 0 Å². The standard InChI is InChI=1S/C36H31NS/c1-26-24-34(27(2)37-26)35(30-23-22-28-14-12-13-15-29(28)25-30)38-36(31-16-6-3-7-17-31,32-18-8-4-9-19-32)33-20-10-5-11-21-33/h3-25,35,37H,1-2H3. The SMILES string of the molecule is Cc1cc(C(SC(c2ccccc2)(c2ccccc2)c2ccccc2)c2ccc3ccccc3c2)c(C)[nH]1. The highest BCUT2D eigenvalue weighted by atomic mass is 32.2. The van der Waals surface area contributed by atoms with Crippen LogP contribution >= 0.6 is 11.8 Å². The van der Waals surface area contributed by atoms with Gasteiger partial charge >= 0.3 is 0 Å². The van der Waals surface area contributed by atoms with Crippen LogP contribution in [0.2, 0.25) is 0 Å². The molecule has 0 aliphatic heterocycles. The molecule has 0 aliphatic carbocycles. The second-order valence-electron chi connectivity index (χ2n) is 9.92. The van der Waals surface area contributed by atoms with E-state index in [1.165, 1.54) is 50.0 Å². The molecular formula is C36H31NS. The number of nitrogens with one attached hydrogen (secondary N) is 1. The molecule has 0 bridgehead atoms. The number of H-pyrrole nitrogens is 1. The monoisotopic (exact) mass is 509 g/mol. The Bertz CT molecular complexity index is 1560. The molecule has 1 nitrogen and oxygen atoms in total. The molecule has 6 aromatic rings. The number of aromatic amines is 1. The highest BCUT2D eigenvalue weighted by Gasteiger charge is 2.40. The molecule has 5 aromatic carbocycles. The van der Waals surface area contributed by atoms with Crippen molar-refractivity contribution in [1.82, 2.24) is 4.98 Å². The molecule has 0 saturated heterocycles. The van der Waals surface area contributed by atoms with E-state index in [1.54, 1.807) is 0 Å². The van der Waals surface area contributed by atoms with E-state index in [-0.39, 0.29) is 5.25 Å². The van der Waals surface area contributed by atoms with Gasteiger partial charge in [-0.1, -0.05) is 127 Å². The van der Waals surface area contributed by atoms with Crippen LogP contribution in [0.25, 0.3) is 10.8 Å². The van der Waals surface area contributed by atoms with Crippen molar-refractivity contribution >= 4 is 22.5 Å². The Balaban J connectivity index is 1.64. The molecule has 1 N–H and O–H groups in total. The minimum absolute atomic E-state index is 0.102. The van der Waals surface area contributed by atoms with E-state index in [2.05, 4.69) is 158 Å². The predicted molar refractivity (Wildman–Crippen MR) is 163 cm³/mol. The van der Waals surface area contributed by atoms with Crippen LogP contribution in [-0.2, 0) is 4.75 Å². The molecule has 6 rings (SSSR count). The summed E-state index contributed by atoms with van der Waals surface area (Å²) in [5.41, 5.74) is 8.87. The van der Waals surface area contributed by atoms with Gasteiger partial charge < -0.3 is 4.98 Å². The molecule has 0 aliphatic rings. The lowest BCUT2D eigenvalue weighted by molar-refractivity contribution is 0.884. The van der Waals surface area contributed by atoms with Gasteiger partial charge in [0.05, 0.1) is 10.00 Å². The summed E-state index contributed by atoms with van der Waals surface area (Å²) in [6.07, 6.45) is 0. The smallest absolute Gasteiger partial charge is 0.0916 e. The number of hydrogen-bond acceptors (Lipinski definition) is 1. The van der Waals surface area contributed by atoms with Gasteiger partial charge in [0.1, 0.15) is 0 Å². The predicted octanol–water partition coefficient (Wildman–Crippen LogP) is 9.60. The van der Waals surface area contributed by atoms with Crippen molar-refractivity contribution in [3.05, 3.63) is 179 Å². The Morgan fingerprint density at radius 2 is 1.05 bits per heavy atom. The van der Waals surface area contributed by atoms with E-state index >= 15 is 0 Å². The van der Waals surface area contributed by atoms with Crippen LogP contribution in [0.3, 0.4) is 0 Å². The highest BCUT2D eigenvalue weighted by Crippen LogP contribution is 2.56. The summed E-state index contributed by atoms with van der Waals surface area (Å²) in [7, 11) is 0. The second kappa shape index (κ2) is 10.4. The van der Waals surface area contributed by atoms with Gasteiger partial charge in [0, 0.05) is 11.4 Å². The molecule has 0 spiro atoms. The molecule has 0 radical (unpaired) electrons. The summed E-state index contributed by atoms with van der Waals surface area (Å²) in [5, 5.41) is 2.64. The van der Waals surface area contributed by atoms with Gasteiger partial charge in [-0.2, -0.15) is 0 Å². The molecule has 0 fully saturated rings. The lowest BCUT2D eigenvalue weighted by Gasteiger charge is -2.38. The molecule has 1 aromatic heterocycles. The van der Waals surface area contributed by atoms with Crippen LogP contribution in [0.15, 0.2) is 140 Å². The summed E-state index contributed by atoms with van der Waals surface area (Å²) < 4.78 is -0.419. The third-order valence-corrected chi connectivity index (χ3v) is 9.21. The fraction of sp³-hybridized carbons (Fsp3) is 0.111. The summed E-state index contributed by atoms with van der Waals surface area (Å²) in [4.78, 5) is 3.59. The topological polar surface area (TPSA) is 15.8 Å². The first kappa shape index (κ1) is 24.3. The minimum atomic E-state index is -0.419. The number of benzene rings is 5. The maximum atomic E-state index is 3.59. The van der Waals surface area contributed by atoms with Gasteiger partial charge in [0.2, 0.25) is 0 Å². The Morgan fingerprint density at radius 3 is 1.55 bits per heavy atom. The Labute approximate surface area is 229 Å². The maximum Gasteiger partial charge on any atom is 0.0916 e. The van der Waals surface area contributed by atoms with Gasteiger partial charge in [-0.25, -0.2) is 0 Å². The van der Waals surface area contributed by atoms with Crippen molar-refractivity contribution in [2.45, 2.75) is 23.8 Å². The number of fused-ring (bicyclic) bond motifs is 1. The zero-order valence-electron chi connectivity index (χ0n) is 21.8. The van der Waals surface area contributed by atoms with Crippen molar-refractivity contribution in [3.63, 3.8) is 0 Å². The minimum Gasteiger partial charge on any atom is -0.362 e. The Hall–Kier alpha value is -4.01. The summed E-state index contributed by atoms with van der Waals surface area (Å²) in [6.45, 7) is 4.35. The van der Waals surface area contributed by atoms with Crippen molar-refractivity contribution in [1.29, 1.82) is 0 Å². The molecular weight excluding hydrogens is 478 g/mol. The molecule has 1 unspecified atom stereocenters. The molecule has 38 heavy (non-hydrogen) atoms. The Kier molecular flexibility index (Phi) is 6.66. The highest BCUT2D eigenvalue weighted by molar-refractivity contribution is 8.01. The zero-order valence-corrected chi connectivity index (χ0v) is 22.6. The van der Waals surface area contributed by atoms with Crippen LogP contribution in [0, 0.1) is 13.8 Å². The molecule has 186 valence electrons. The molecule has 0 saturated carbocycles. The quantitative estimate of drug-likeness (QED) is 0.212. The van der Waals surface area contributed by atoms with E-state index in [9.17, 15) is 0 Å². The van der Waals surface area contributed by atoms with Crippen molar-refractivity contribution < 1.29 is 0 Å². The number of aryl methyl sites for hydroxylation is 2. The molecule has 1 atom stereocenters. The summed E-state index contributed by atoms with van der Waals surface area (Å²) in [5.74, 6) is 0. The molecule has 2 heteroatoms. The maximum absolute atomic E-state index is 3.59.